The zero-order valence-corrected chi connectivity index (χ0v) is 16.8. The van der Waals surface area contributed by atoms with Gasteiger partial charge in [0.15, 0.2) is 5.65 Å². The number of nitrogens with one attached hydrogen (secondary N) is 2. The minimum absolute atomic E-state index is 0.158. The van der Waals surface area contributed by atoms with E-state index in [0.29, 0.717) is 35.1 Å². The Morgan fingerprint density at radius 3 is 2.54 bits per heavy atom. The molecule has 3 aromatic rings. The molecule has 2 N–H and O–H groups in total. The van der Waals surface area contributed by atoms with E-state index in [2.05, 4.69) is 20.7 Å². The van der Waals surface area contributed by atoms with Crippen LogP contribution in [-0.2, 0) is 0 Å². The van der Waals surface area contributed by atoms with E-state index in [1.807, 2.05) is 46.8 Å². The molecule has 0 atom stereocenters. The summed E-state index contributed by atoms with van der Waals surface area (Å²) in [6.45, 7) is 10.3. The lowest BCUT2D eigenvalue weighted by Gasteiger charge is -2.12. The molecule has 0 aliphatic heterocycles. The molecule has 0 saturated carbocycles. The van der Waals surface area contributed by atoms with Gasteiger partial charge in [-0.05, 0) is 50.5 Å². The van der Waals surface area contributed by atoms with Gasteiger partial charge in [-0.2, -0.15) is 5.10 Å². The molecule has 0 fully saturated rings. The first-order valence-electron chi connectivity index (χ1n) is 9.29. The molecule has 28 heavy (non-hydrogen) atoms. The van der Waals surface area contributed by atoms with Crippen molar-refractivity contribution < 1.29 is 9.59 Å². The van der Waals surface area contributed by atoms with Gasteiger partial charge in [-0.3, -0.25) is 9.59 Å². The first-order valence-corrected chi connectivity index (χ1v) is 9.29. The van der Waals surface area contributed by atoms with Crippen LogP contribution in [-0.4, -0.2) is 33.0 Å². The number of nitrogens with zero attached hydrogens (tertiary/aromatic N) is 3. The maximum atomic E-state index is 12.8. The van der Waals surface area contributed by atoms with E-state index < -0.39 is 0 Å². The van der Waals surface area contributed by atoms with Gasteiger partial charge in [-0.1, -0.05) is 19.9 Å². The van der Waals surface area contributed by atoms with E-state index in [9.17, 15) is 9.59 Å². The number of rotatable bonds is 5. The first-order chi connectivity index (χ1) is 13.2. The molecule has 0 saturated heterocycles. The maximum absolute atomic E-state index is 12.8. The Morgan fingerprint density at radius 2 is 1.82 bits per heavy atom. The summed E-state index contributed by atoms with van der Waals surface area (Å²) in [7, 11) is 0. The predicted molar refractivity (Wildman–Crippen MR) is 109 cm³/mol. The summed E-state index contributed by atoms with van der Waals surface area (Å²) >= 11 is 0. The summed E-state index contributed by atoms with van der Waals surface area (Å²) in [6.07, 6.45) is 0. The first kappa shape index (κ1) is 19.5. The molecule has 2 heterocycles. The lowest BCUT2D eigenvalue weighted by molar-refractivity contribution is 0.0947. The largest absolute Gasteiger partial charge is 0.352 e. The van der Waals surface area contributed by atoms with E-state index in [1.165, 1.54) is 0 Å². The van der Waals surface area contributed by atoms with Gasteiger partial charge in [0.2, 0.25) is 0 Å². The van der Waals surface area contributed by atoms with Gasteiger partial charge < -0.3 is 10.6 Å². The van der Waals surface area contributed by atoms with Crippen molar-refractivity contribution in [3.05, 3.63) is 58.5 Å². The number of carbonyl (C=O) groups is 2. The van der Waals surface area contributed by atoms with Crippen LogP contribution in [0.4, 0.5) is 5.69 Å². The fourth-order valence-electron chi connectivity index (χ4n) is 2.84. The number of benzene rings is 1. The number of aryl methyl sites for hydroxylation is 3. The van der Waals surface area contributed by atoms with Crippen molar-refractivity contribution in [3.63, 3.8) is 0 Å². The van der Waals surface area contributed by atoms with Crippen molar-refractivity contribution in [1.82, 2.24) is 19.9 Å². The second-order valence-electron chi connectivity index (χ2n) is 7.43. The summed E-state index contributed by atoms with van der Waals surface area (Å²) in [6, 6.07) is 8.79. The number of amides is 2. The van der Waals surface area contributed by atoms with E-state index in [4.69, 9.17) is 0 Å². The molecular weight excluding hydrogens is 354 g/mol. The van der Waals surface area contributed by atoms with Crippen molar-refractivity contribution in [2.45, 2.75) is 34.6 Å². The SMILES string of the molecule is Cc1cc2nc(C(=O)Nc3cc(C(=O)NCC(C)C)ccc3C)cc(C)n2n1. The lowest BCUT2D eigenvalue weighted by Crippen LogP contribution is -2.27. The molecule has 2 amide bonds. The molecule has 0 aliphatic rings. The van der Waals surface area contributed by atoms with Gasteiger partial charge in [-0.15, -0.1) is 0 Å². The Labute approximate surface area is 164 Å². The van der Waals surface area contributed by atoms with Gasteiger partial charge >= 0.3 is 0 Å². The van der Waals surface area contributed by atoms with Crippen molar-refractivity contribution in [2.75, 3.05) is 11.9 Å². The Bertz CT molecular complexity index is 1050. The third-order valence-electron chi connectivity index (χ3n) is 4.38. The molecule has 7 heteroatoms. The maximum Gasteiger partial charge on any atom is 0.274 e. The molecular formula is C21H25N5O2. The van der Waals surface area contributed by atoms with Gasteiger partial charge in [0.1, 0.15) is 5.69 Å². The molecule has 3 rings (SSSR count). The van der Waals surface area contributed by atoms with Gasteiger partial charge in [-0.25, -0.2) is 9.50 Å². The third kappa shape index (κ3) is 4.19. The Morgan fingerprint density at radius 1 is 1.07 bits per heavy atom. The molecule has 0 bridgehead atoms. The molecule has 1 aromatic carbocycles. The number of carbonyl (C=O) groups excluding carboxylic acids is 2. The average molecular weight is 379 g/mol. The van der Waals surface area contributed by atoms with Crippen LogP contribution in [0.25, 0.3) is 5.65 Å². The predicted octanol–water partition coefficient (Wildman–Crippen LogP) is 3.29. The van der Waals surface area contributed by atoms with Crippen molar-refractivity contribution in [3.8, 4) is 0 Å². The Balaban J connectivity index is 1.83. The zero-order valence-electron chi connectivity index (χ0n) is 16.8. The number of aromatic nitrogens is 3. The van der Waals surface area contributed by atoms with Crippen LogP contribution >= 0.6 is 0 Å². The minimum Gasteiger partial charge on any atom is -0.352 e. The summed E-state index contributed by atoms with van der Waals surface area (Å²) in [4.78, 5) is 29.5. The highest BCUT2D eigenvalue weighted by molar-refractivity contribution is 6.04. The van der Waals surface area contributed by atoms with E-state index in [1.54, 1.807) is 22.7 Å². The second kappa shape index (κ2) is 7.80. The molecule has 2 aromatic heterocycles. The van der Waals surface area contributed by atoms with Crippen LogP contribution in [0.2, 0.25) is 0 Å². The van der Waals surface area contributed by atoms with Crippen molar-refractivity contribution >= 4 is 23.1 Å². The highest BCUT2D eigenvalue weighted by Gasteiger charge is 2.15. The number of hydrogen-bond acceptors (Lipinski definition) is 4. The monoisotopic (exact) mass is 379 g/mol. The van der Waals surface area contributed by atoms with Crippen molar-refractivity contribution in [2.24, 2.45) is 5.92 Å². The van der Waals surface area contributed by atoms with Crippen LogP contribution in [0.15, 0.2) is 30.3 Å². The van der Waals surface area contributed by atoms with Crippen LogP contribution in [0.5, 0.6) is 0 Å². The van der Waals surface area contributed by atoms with Gasteiger partial charge in [0.05, 0.1) is 5.69 Å². The third-order valence-corrected chi connectivity index (χ3v) is 4.38. The molecule has 0 spiro atoms. The number of fused-ring (bicyclic) bond motifs is 1. The fraction of sp³-hybridized carbons (Fsp3) is 0.333. The van der Waals surface area contributed by atoms with Gasteiger partial charge in [0.25, 0.3) is 11.8 Å². The topological polar surface area (TPSA) is 88.4 Å². The van der Waals surface area contributed by atoms with Crippen molar-refractivity contribution in [1.29, 1.82) is 0 Å². The molecule has 0 radical (unpaired) electrons. The van der Waals surface area contributed by atoms with E-state index >= 15 is 0 Å². The highest BCUT2D eigenvalue weighted by atomic mass is 16.2. The fourth-order valence-corrected chi connectivity index (χ4v) is 2.84. The van der Waals surface area contributed by atoms with E-state index in [0.717, 1.165) is 17.0 Å². The normalized spacial score (nSPS) is 11.1. The molecule has 7 nitrogen and oxygen atoms in total. The van der Waals surface area contributed by atoms with E-state index in [-0.39, 0.29) is 11.8 Å². The molecule has 0 aliphatic carbocycles. The lowest BCUT2D eigenvalue weighted by atomic mass is 10.1. The Kier molecular flexibility index (Phi) is 5.44. The minimum atomic E-state index is -0.327. The van der Waals surface area contributed by atoms with Crippen LogP contribution in [0.1, 0.15) is 51.6 Å². The molecule has 146 valence electrons. The molecule has 0 unspecified atom stereocenters. The standard InChI is InChI=1S/C21H25N5O2/c1-12(2)11-22-20(27)16-7-6-13(3)17(10-16)24-21(28)18-9-15(5)26-19(23-18)8-14(4)25-26/h6-10,12H,11H2,1-5H3,(H,22,27)(H,24,28). The summed E-state index contributed by atoms with van der Waals surface area (Å²) in [5, 5.41) is 10.1. The quantitative estimate of drug-likeness (QED) is 0.712. The summed E-state index contributed by atoms with van der Waals surface area (Å²) in [5.41, 5.74) is 4.55. The smallest absolute Gasteiger partial charge is 0.274 e. The number of anilines is 1. The Hall–Kier alpha value is -3.22. The highest BCUT2D eigenvalue weighted by Crippen LogP contribution is 2.18. The average Bonchev–Trinajstić information content (AvgIpc) is 3.02. The van der Waals surface area contributed by atoms with Crippen LogP contribution < -0.4 is 10.6 Å². The van der Waals surface area contributed by atoms with Gasteiger partial charge in [0, 0.05) is 29.6 Å². The zero-order chi connectivity index (χ0) is 20.4. The summed E-state index contributed by atoms with van der Waals surface area (Å²) < 4.78 is 1.71. The van der Waals surface area contributed by atoms with Crippen LogP contribution in [0.3, 0.4) is 0 Å². The number of hydrogen-bond donors (Lipinski definition) is 2. The summed E-state index contributed by atoms with van der Waals surface area (Å²) in [5.74, 6) is -0.119. The van der Waals surface area contributed by atoms with Crippen LogP contribution in [0, 0.1) is 26.7 Å². The second-order valence-corrected chi connectivity index (χ2v) is 7.43.